The lowest BCUT2D eigenvalue weighted by Crippen LogP contribution is -2.19. The van der Waals surface area contributed by atoms with Gasteiger partial charge < -0.3 is 10.5 Å². The average molecular weight is 150 g/mol. The monoisotopic (exact) mass is 149 g/mol. The molecule has 9 heavy (non-hydrogen) atoms. The van der Waals surface area contributed by atoms with Gasteiger partial charge in [-0.2, -0.15) is 0 Å². The molecule has 2 rings (SSSR count). The van der Waals surface area contributed by atoms with Gasteiger partial charge in [-0.25, -0.2) is 0 Å². The molecular weight excluding hydrogens is 138 g/mol. The van der Waals surface area contributed by atoms with Crippen molar-refractivity contribution in [1.29, 1.82) is 0 Å². The molecule has 0 radical (unpaired) electrons. The molecule has 0 aromatic carbocycles. The fraction of sp³-hybridized carbons (Fsp3) is 1.00. The van der Waals surface area contributed by atoms with Crippen molar-refractivity contribution in [2.24, 2.45) is 5.73 Å². The first-order chi connectivity index (χ1) is 3.81. The minimum absolute atomic E-state index is 0. The van der Waals surface area contributed by atoms with Gasteiger partial charge in [0.05, 0.1) is 12.2 Å². The van der Waals surface area contributed by atoms with E-state index in [0.29, 0.717) is 11.6 Å². The fourth-order valence-electron chi connectivity index (χ4n) is 1.37. The first-order valence-electron chi connectivity index (χ1n) is 3.20. The molecule has 2 nitrogen and oxygen atoms in total. The predicted octanol–water partition coefficient (Wildman–Crippen LogP) is 0.688. The Balaban J connectivity index is 0.000000405. The maximum absolute atomic E-state index is 5.63. The van der Waals surface area contributed by atoms with Crippen molar-refractivity contribution >= 4 is 12.4 Å². The van der Waals surface area contributed by atoms with Crippen LogP contribution in [0, 0.1) is 0 Å². The Bertz CT molecular complexity index is 114. The van der Waals surface area contributed by atoms with Gasteiger partial charge in [-0.05, 0) is 19.3 Å². The molecule has 0 unspecified atom stereocenters. The number of nitrogens with two attached hydrogens (primary N) is 1. The number of halogens is 1. The Hall–Kier alpha value is 0.210. The summed E-state index contributed by atoms with van der Waals surface area (Å²) in [5, 5.41) is 0. The van der Waals surface area contributed by atoms with E-state index < -0.39 is 0 Å². The zero-order valence-corrected chi connectivity index (χ0v) is 6.12. The largest absolute Gasteiger partial charge is 0.373 e. The van der Waals surface area contributed by atoms with Gasteiger partial charge in [0.1, 0.15) is 0 Å². The molecular formula is C6H12ClNO. The van der Waals surface area contributed by atoms with E-state index in [2.05, 4.69) is 0 Å². The summed E-state index contributed by atoms with van der Waals surface area (Å²) in [7, 11) is 0. The Morgan fingerprint density at radius 3 is 2.33 bits per heavy atom. The summed E-state index contributed by atoms with van der Waals surface area (Å²) in [6.45, 7) is 0.792. The Labute approximate surface area is 61.2 Å². The zero-order chi connectivity index (χ0) is 5.61. The molecule has 3 heteroatoms. The van der Waals surface area contributed by atoms with Crippen molar-refractivity contribution in [1.82, 2.24) is 0 Å². The number of rotatable bonds is 0. The van der Waals surface area contributed by atoms with Gasteiger partial charge in [0, 0.05) is 6.04 Å². The summed E-state index contributed by atoms with van der Waals surface area (Å²) in [5.41, 5.74) is 5.92. The molecule has 1 saturated heterocycles. The van der Waals surface area contributed by atoms with E-state index in [1.165, 1.54) is 12.8 Å². The Morgan fingerprint density at radius 1 is 1.44 bits per heavy atom. The van der Waals surface area contributed by atoms with E-state index >= 15 is 0 Å². The third-order valence-electron chi connectivity index (χ3n) is 2.05. The minimum atomic E-state index is 0. The highest BCUT2D eigenvalue weighted by Crippen LogP contribution is 2.46. The zero-order valence-electron chi connectivity index (χ0n) is 5.30. The smallest absolute Gasteiger partial charge is 0.0701 e. The Kier molecular flexibility index (Phi) is 1.72. The van der Waals surface area contributed by atoms with Crippen LogP contribution in [0.5, 0.6) is 0 Å². The normalized spacial score (nSPS) is 36.3. The molecule has 0 aromatic heterocycles. The van der Waals surface area contributed by atoms with Gasteiger partial charge >= 0.3 is 0 Å². The second kappa shape index (κ2) is 2.11. The van der Waals surface area contributed by atoms with E-state index in [4.69, 9.17) is 10.5 Å². The molecule has 2 aliphatic rings. The lowest BCUT2D eigenvalue weighted by atomic mass is 10.2. The van der Waals surface area contributed by atoms with Gasteiger partial charge in [-0.1, -0.05) is 0 Å². The molecule has 0 aromatic rings. The molecule has 2 N–H and O–H groups in total. The number of hydrogen-bond donors (Lipinski definition) is 1. The lowest BCUT2D eigenvalue weighted by molar-refractivity contribution is 0.0897. The van der Waals surface area contributed by atoms with Gasteiger partial charge in [0.2, 0.25) is 0 Å². The summed E-state index contributed by atoms with van der Waals surface area (Å²) in [4.78, 5) is 0. The minimum Gasteiger partial charge on any atom is -0.373 e. The van der Waals surface area contributed by atoms with Crippen LogP contribution in [0.1, 0.15) is 19.3 Å². The third kappa shape index (κ3) is 1.20. The summed E-state index contributed by atoms with van der Waals surface area (Å²) >= 11 is 0. The quantitative estimate of drug-likeness (QED) is 0.550. The van der Waals surface area contributed by atoms with Crippen LogP contribution in [-0.2, 0) is 4.74 Å². The van der Waals surface area contributed by atoms with Gasteiger partial charge in [-0.15, -0.1) is 12.4 Å². The van der Waals surface area contributed by atoms with Crippen LogP contribution in [0.2, 0.25) is 0 Å². The number of ether oxygens (including phenoxy) is 1. The lowest BCUT2D eigenvalue weighted by Gasteiger charge is -2.00. The van der Waals surface area contributed by atoms with E-state index in [1.54, 1.807) is 0 Å². The average Bonchev–Trinajstić information content (AvgIpc) is 2.34. The van der Waals surface area contributed by atoms with E-state index in [1.807, 2.05) is 0 Å². The van der Waals surface area contributed by atoms with E-state index in [9.17, 15) is 0 Å². The summed E-state index contributed by atoms with van der Waals surface area (Å²) in [6.07, 6.45) is 3.61. The number of hydrogen-bond acceptors (Lipinski definition) is 2. The van der Waals surface area contributed by atoms with Crippen LogP contribution in [0.4, 0.5) is 0 Å². The highest BCUT2D eigenvalue weighted by Gasteiger charge is 2.49. The van der Waals surface area contributed by atoms with Crippen LogP contribution < -0.4 is 5.73 Å². The van der Waals surface area contributed by atoms with Crippen LogP contribution in [0.15, 0.2) is 0 Å². The van der Waals surface area contributed by atoms with Gasteiger partial charge in [0.25, 0.3) is 0 Å². The molecule has 1 aliphatic heterocycles. The van der Waals surface area contributed by atoms with E-state index in [-0.39, 0.29) is 12.4 Å². The summed E-state index contributed by atoms with van der Waals surface area (Å²) in [5.74, 6) is 0. The van der Waals surface area contributed by atoms with Crippen LogP contribution in [-0.4, -0.2) is 18.2 Å². The molecule has 0 amide bonds. The van der Waals surface area contributed by atoms with Crippen molar-refractivity contribution in [3.63, 3.8) is 0 Å². The van der Waals surface area contributed by atoms with Crippen molar-refractivity contribution in [2.45, 2.75) is 30.9 Å². The molecule has 1 spiro atoms. The Morgan fingerprint density at radius 2 is 2.11 bits per heavy atom. The maximum Gasteiger partial charge on any atom is 0.0701 e. The third-order valence-corrected chi connectivity index (χ3v) is 2.05. The molecule has 54 valence electrons. The van der Waals surface area contributed by atoms with Crippen molar-refractivity contribution < 1.29 is 4.74 Å². The highest BCUT2D eigenvalue weighted by molar-refractivity contribution is 5.85. The molecule has 1 heterocycles. The summed E-state index contributed by atoms with van der Waals surface area (Å²) < 4.78 is 5.44. The van der Waals surface area contributed by atoms with Crippen LogP contribution in [0.3, 0.4) is 0 Å². The van der Waals surface area contributed by atoms with Crippen LogP contribution in [0.25, 0.3) is 0 Å². The first kappa shape index (κ1) is 7.32. The molecule has 2 fully saturated rings. The van der Waals surface area contributed by atoms with Gasteiger partial charge in [-0.3, -0.25) is 0 Å². The second-order valence-electron chi connectivity index (χ2n) is 2.96. The second-order valence-corrected chi connectivity index (χ2v) is 2.96. The van der Waals surface area contributed by atoms with Crippen molar-refractivity contribution in [2.75, 3.05) is 6.61 Å². The molecule has 0 bridgehead atoms. The molecule has 1 atom stereocenters. The maximum atomic E-state index is 5.63. The molecule has 1 aliphatic carbocycles. The SMILES string of the molecule is Cl.N[C@H]1COC2(CC2)C1. The van der Waals surface area contributed by atoms with Gasteiger partial charge in [0.15, 0.2) is 0 Å². The molecule has 1 saturated carbocycles. The van der Waals surface area contributed by atoms with Crippen LogP contribution >= 0.6 is 12.4 Å². The van der Waals surface area contributed by atoms with E-state index in [0.717, 1.165) is 13.0 Å². The predicted molar refractivity (Wildman–Crippen MR) is 37.8 cm³/mol. The topological polar surface area (TPSA) is 35.2 Å². The highest BCUT2D eigenvalue weighted by atomic mass is 35.5. The van der Waals surface area contributed by atoms with Crippen molar-refractivity contribution in [3.8, 4) is 0 Å². The summed E-state index contributed by atoms with van der Waals surface area (Å²) in [6, 6.07) is 0.331. The standard InChI is InChI=1S/C6H11NO.ClH/c7-5-3-6(1-2-6)8-4-5;/h5H,1-4,7H2;1H/t5-;/m1./s1. The fourth-order valence-corrected chi connectivity index (χ4v) is 1.37. The first-order valence-corrected chi connectivity index (χ1v) is 3.20. The van der Waals surface area contributed by atoms with Crippen molar-refractivity contribution in [3.05, 3.63) is 0 Å².